The first-order valence-corrected chi connectivity index (χ1v) is 7.90. The number of hydrogen-bond acceptors (Lipinski definition) is 2. The van der Waals surface area contributed by atoms with Crippen molar-refractivity contribution in [3.05, 3.63) is 30.1 Å². The van der Waals surface area contributed by atoms with Gasteiger partial charge in [0.05, 0.1) is 0 Å². The first kappa shape index (κ1) is 14.5. The molecule has 106 valence electrons. The molecule has 1 N–H and O–H groups in total. The average molecular weight is 260 g/mol. The number of nitrogens with zero attached hydrogens (tertiary/aromatic N) is 1. The Bertz CT molecular complexity index is 342. The third kappa shape index (κ3) is 4.31. The van der Waals surface area contributed by atoms with Gasteiger partial charge in [-0.2, -0.15) is 0 Å². The molecule has 2 heteroatoms. The van der Waals surface area contributed by atoms with Crippen molar-refractivity contribution in [1.29, 1.82) is 0 Å². The molecule has 2 nitrogen and oxygen atoms in total. The van der Waals surface area contributed by atoms with Gasteiger partial charge in [-0.1, -0.05) is 32.3 Å². The van der Waals surface area contributed by atoms with E-state index in [1.54, 1.807) is 0 Å². The summed E-state index contributed by atoms with van der Waals surface area (Å²) in [5.74, 6) is 1.86. The Morgan fingerprint density at radius 1 is 1.26 bits per heavy atom. The van der Waals surface area contributed by atoms with Crippen LogP contribution in [0, 0.1) is 11.8 Å². The predicted octanol–water partition coefficient (Wildman–Crippen LogP) is 3.82. The van der Waals surface area contributed by atoms with Gasteiger partial charge in [0.2, 0.25) is 0 Å². The second-order valence-corrected chi connectivity index (χ2v) is 5.94. The van der Waals surface area contributed by atoms with Crippen molar-refractivity contribution in [1.82, 2.24) is 10.3 Å². The number of pyridine rings is 1. The number of nitrogens with one attached hydrogen (secondary N) is 1. The number of aromatic nitrogens is 1. The Labute approximate surface area is 118 Å². The third-order valence-corrected chi connectivity index (χ3v) is 4.85. The van der Waals surface area contributed by atoms with Gasteiger partial charge in [0.15, 0.2) is 0 Å². The highest BCUT2D eigenvalue weighted by Crippen LogP contribution is 2.33. The van der Waals surface area contributed by atoms with Crippen LogP contribution in [0.15, 0.2) is 24.4 Å². The molecule has 1 heterocycles. The Balaban J connectivity index is 1.80. The van der Waals surface area contributed by atoms with Crippen molar-refractivity contribution in [3.8, 4) is 0 Å². The predicted molar refractivity (Wildman–Crippen MR) is 81.1 cm³/mol. The highest BCUT2D eigenvalue weighted by atomic mass is 14.9. The van der Waals surface area contributed by atoms with Crippen molar-refractivity contribution < 1.29 is 0 Å². The minimum Gasteiger partial charge on any atom is -0.317 e. The van der Waals surface area contributed by atoms with Gasteiger partial charge in [-0.25, -0.2) is 0 Å². The molecule has 1 aliphatic carbocycles. The molecule has 0 aliphatic heterocycles. The lowest BCUT2D eigenvalue weighted by molar-refractivity contribution is 0.216. The summed E-state index contributed by atoms with van der Waals surface area (Å²) in [7, 11) is 2.12. The van der Waals surface area contributed by atoms with Crippen LogP contribution in [0.25, 0.3) is 0 Å². The summed E-state index contributed by atoms with van der Waals surface area (Å²) < 4.78 is 0. The third-order valence-electron chi connectivity index (χ3n) is 4.85. The van der Waals surface area contributed by atoms with Gasteiger partial charge in [-0.05, 0) is 56.7 Å². The second-order valence-electron chi connectivity index (χ2n) is 5.94. The van der Waals surface area contributed by atoms with Crippen LogP contribution in [-0.2, 0) is 6.42 Å². The molecule has 19 heavy (non-hydrogen) atoms. The van der Waals surface area contributed by atoms with Crippen molar-refractivity contribution in [2.24, 2.45) is 11.8 Å². The van der Waals surface area contributed by atoms with E-state index in [9.17, 15) is 0 Å². The molecular weight excluding hydrogens is 232 g/mol. The van der Waals surface area contributed by atoms with E-state index in [4.69, 9.17) is 0 Å². The maximum absolute atomic E-state index is 4.43. The van der Waals surface area contributed by atoms with Gasteiger partial charge >= 0.3 is 0 Å². The fraction of sp³-hybridized carbons (Fsp3) is 0.706. The molecular formula is C17H28N2. The zero-order valence-electron chi connectivity index (χ0n) is 12.4. The van der Waals surface area contributed by atoms with Gasteiger partial charge < -0.3 is 5.32 Å². The molecule has 1 aromatic rings. The second kappa shape index (κ2) is 7.64. The lowest BCUT2D eigenvalue weighted by Crippen LogP contribution is -2.36. The van der Waals surface area contributed by atoms with Gasteiger partial charge in [0.1, 0.15) is 0 Å². The van der Waals surface area contributed by atoms with Gasteiger partial charge in [0.25, 0.3) is 0 Å². The molecule has 1 fully saturated rings. The number of hydrogen-bond donors (Lipinski definition) is 1. The zero-order chi connectivity index (χ0) is 13.5. The highest BCUT2D eigenvalue weighted by Gasteiger charge is 2.25. The molecule has 0 amide bonds. The Morgan fingerprint density at radius 3 is 2.63 bits per heavy atom. The van der Waals surface area contributed by atoms with Crippen molar-refractivity contribution in [3.63, 3.8) is 0 Å². The number of aryl methyl sites for hydroxylation is 1. The number of rotatable bonds is 6. The van der Waals surface area contributed by atoms with E-state index in [2.05, 4.69) is 36.4 Å². The van der Waals surface area contributed by atoms with E-state index in [1.807, 2.05) is 12.3 Å². The first-order valence-electron chi connectivity index (χ1n) is 7.90. The van der Waals surface area contributed by atoms with E-state index in [-0.39, 0.29) is 0 Å². The molecule has 0 aromatic carbocycles. The van der Waals surface area contributed by atoms with Gasteiger partial charge in [-0.3, -0.25) is 4.98 Å². The van der Waals surface area contributed by atoms with Crippen LogP contribution in [0.3, 0.4) is 0 Å². The summed E-state index contributed by atoms with van der Waals surface area (Å²) >= 11 is 0. The monoisotopic (exact) mass is 260 g/mol. The zero-order valence-corrected chi connectivity index (χ0v) is 12.4. The summed E-state index contributed by atoms with van der Waals surface area (Å²) in [5.41, 5.74) is 1.23. The van der Waals surface area contributed by atoms with Crippen LogP contribution in [0.1, 0.15) is 51.1 Å². The average Bonchev–Trinajstić information content (AvgIpc) is 2.49. The standard InChI is InChI=1S/C17H28N2/c1-3-14-7-9-15(10-8-14)17(18-2)12-11-16-6-4-5-13-19-16/h4-6,13-15,17-18H,3,7-12H2,1-2H3. The van der Waals surface area contributed by atoms with Crippen LogP contribution in [-0.4, -0.2) is 18.1 Å². The van der Waals surface area contributed by atoms with Crippen molar-refractivity contribution >= 4 is 0 Å². The Kier molecular flexibility index (Phi) is 5.84. The normalized spacial score (nSPS) is 25.2. The van der Waals surface area contributed by atoms with Crippen LogP contribution in [0.2, 0.25) is 0 Å². The fourth-order valence-corrected chi connectivity index (χ4v) is 3.46. The quantitative estimate of drug-likeness (QED) is 0.841. The SMILES string of the molecule is CCC1CCC(C(CCc2ccccn2)NC)CC1. The largest absolute Gasteiger partial charge is 0.317 e. The lowest BCUT2D eigenvalue weighted by Gasteiger charge is -2.33. The van der Waals surface area contributed by atoms with E-state index in [0.29, 0.717) is 6.04 Å². The van der Waals surface area contributed by atoms with Crippen molar-refractivity contribution in [2.75, 3.05) is 7.05 Å². The molecule has 1 aliphatic rings. The topological polar surface area (TPSA) is 24.9 Å². The van der Waals surface area contributed by atoms with E-state index >= 15 is 0 Å². The molecule has 1 atom stereocenters. The maximum Gasteiger partial charge on any atom is 0.0404 e. The van der Waals surface area contributed by atoms with Crippen LogP contribution in [0.5, 0.6) is 0 Å². The van der Waals surface area contributed by atoms with Gasteiger partial charge in [0, 0.05) is 17.9 Å². The van der Waals surface area contributed by atoms with E-state index < -0.39 is 0 Å². The van der Waals surface area contributed by atoms with Crippen LogP contribution >= 0.6 is 0 Å². The van der Waals surface area contributed by atoms with Crippen LogP contribution in [0.4, 0.5) is 0 Å². The highest BCUT2D eigenvalue weighted by molar-refractivity contribution is 5.04. The molecule has 2 rings (SSSR count). The minimum absolute atomic E-state index is 0.666. The first-order chi connectivity index (χ1) is 9.33. The van der Waals surface area contributed by atoms with Crippen molar-refractivity contribution in [2.45, 2.75) is 57.9 Å². The summed E-state index contributed by atoms with van der Waals surface area (Å²) in [6, 6.07) is 6.88. The molecule has 0 radical (unpaired) electrons. The molecule has 0 saturated heterocycles. The molecule has 0 bridgehead atoms. The molecule has 1 saturated carbocycles. The molecule has 0 spiro atoms. The minimum atomic E-state index is 0.666. The summed E-state index contributed by atoms with van der Waals surface area (Å²) in [5, 5.41) is 3.55. The maximum atomic E-state index is 4.43. The van der Waals surface area contributed by atoms with E-state index in [1.165, 1.54) is 44.2 Å². The Morgan fingerprint density at radius 2 is 2.05 bits per heavy atom. The van der Waals surface area contributed by atoms with Gasteiger partial charge in [-0.15, -0.1) is 0 Å². The summed E-state index contributed by atoms with van der Waals surface area (Å²) in [4.78, 5) is 4.43. The molecule has 1 unspecified atom stereocenters. The smallest absolute Gasteiger partial charge is 0.0404 e. The Hall–Kier alpha value is -0.890. The summed E-state index contributed by atoms with van der Waals surface area (Å²) in [6.07, 6.45) is 11.3. The fourth-order valence-electron chi connectivity index (χ4n) is 3.46. The van der Waals surface area contributed by atoms with E-state index in [0.717, 1.165) is 18.3 Å². The van der Waals surface area contributed by atoms with Crippen LogP contribution < -0.4 is 5.32 Å². The lowest BCUT2D eigenvalue weighted by atomic mass is 9.76. The molecule has 1 aromatic heterocycles. The summed E-state index contributed by atoms with van der Waals surface area (Å²) in [6.45, 7) is 2.33.